The molecule has 3 rings (SSSR count). The van der Waals surface area contributed by atoms with Crippen molar-refractivity contribution in [3.63, 3.8) is 0 Å². The summed E-state index contributed by atoms with van der Waals surface area (Å²) >= 11 is 0. The number of aromatic amines is 1. The molecule has 0 atom stereocenters. The average Bonchev–Trinajstić information content (AvgIpc) is 2.86. The van der Waals surface area contributed by atoms with Gasteiger partial charge in [0.05, 0.1) is 18.0 Å². The van der Waals surface area contributed by atoms with Crippen LogP contribution in [0.2, 0.25) is 25.7 Å². The van der Waals surface area contributed by atoms with Crippen LogP contribution in [-0.2, 0) is 24.2 Å². The van der Waals surface area contributed by atoms with Gasteiger partial charge >= 0.3 is 0 Å². The van der Waals surface area contributed by atoms with Crippen molar-refractivity contribution in [2.75, 3.05) is 12.3 Å². The Balaban J connectivity index is 1.76. The summed E-state index contributed by atoms with van der Waals surface area (Å²) in [6.45, 7) is 8.55. The topological polar surface area (TPSA) is 63.9 Å². The Morgan fingerprint density at radius 1 is 1.27 bits per heavy atom. The van der Waals surface area contributed by atoms with E-state index < -0.39 is 8.07 Å². The highest BCUT2D eigenvalue weighted by Gasteiger charge is 2.22. The van der Waals surface area contributed by atoms with Gasteiger partial charge in [-0.25, -0.2) is 0 Å². The number of nitrogen functional groups attached to an aromatic ring is 1. The molecular formula is C17H25N3OSi. The van der Waals surface area contributed by atoms with Crippen molar-refractivity contribution in [1.82, 2.24) is 10.2 Å². The predicted molar refractivity (Wildman–Crippen MR) is 93.7 cm³/mol. The Hall–Kier alpha value is -1.59. The van der Waals surface area contributed by atoms with Crippen molar-refractivity contribution in [3.05, 3.63) is 35.2 Å². The van der Waals surface area contributed by atoms with Crippen LogP contribution in [0.5, 0.6) is 0 Å². The lowest BCUT2D eigenvalue weighted by molar-refractivity contribution is 0.131. The second-order valence-electron chi connectivity index (χ2n) is 7.30. The van der Waals surface area contributed by atoms with Crippen LogP contribution >= 0.6 is 0 Å². The Morgan fingerprint density at radius 2 is 2.09 bits per heavy atom. The first-order valence-electron chi connectivity index (χ1n) is 7.97. The van der Waals surface area contributed by atoms with Crippen molar-refractivity contribution in [2.45, 2.75) is 45.1 Å². The maximum Gasteiger partial charge on any atom is 0.0888 e. The number of anilines is 1. The van der Waals surface area contributed by atoms with Gasteiger partial charge in [-0.3, -0.25) is 5.10 Å². The molecular weight excluding hydrogens is 290 g/mol. The molecule has 0 aliphatic heterocycles. The van der Waals surface area contributed by atoms with Crippen LogP contribution in [0.25, 0.3) is 11.1 Å². The number of aromatic nitrogens is 2. The average molecular weight is 315 g/mol. The van der Waals surface area contributed by atoms with Gasteiger partial charge in [0.1, 0.15) is 0 Å². The fraction of sp³-hybridized carbons (Fsp3) is 0.471. The molecule has 1 aromatic heterocycles. The van der Waals surface area contributed by atoms with Crippen LogP contribution in [0, 0.1) is 0 Å². The van der Waals surface area contributed by atoms with Gasteiger partial charge < -0.3 is 10.5 Å². The summed E-state index contributed by atoms with van der Waals surface area (Å²) in [5.74, 6) is 0. The Labute approximate surface area is 133 Å². The van der Waals surface area contributed by atoms with Gasteiger partial charge in [0.25, 0.3) is 0 Å². The zero-order valence-corrected chi connectivity index (χ0v) is 14.7. The highest BCUT2D eigenvalue weighted by molar-refractivity contribution is 6.76. The molecule has 1 aliphatic carbocycles. The van der Waals surface area contributed by atoms with Crippen LogP contribution in [0.15, 0.2) is 18.2 Å². The second kappa shape index (κ2) is 5.89. The smallest absolute Gasteiger partial charge is 0.0888 e. The number of hydrogen-bond donors (Lipinski definition) is 2. The minimum Gasteiger partial charge on any atom is -0.399 e. The third-order valence-electron chi connectivity index (χ3n) is 4.19. The number of H-pyrrole nitrogens is 1. The zero-order chi connectivity index (χ0) is 15.7. The summed E-state index contributed by atoms with van der Waals surface area (Å²) in [4.78, 5) is 0. The fourth-order valence-corrected chi connectivity index (χ4v) is 3.65. The molecule has 2 aromatic rings. The molecule has 1 aliphatic rings. The summed E-state index contributed by atoms with van der Waals surface area (Å²) in [6, 6.07) is 7.36. The van der Waals surface area contributed by atoms with Gasteiger partial charge in [0.15, 0.2) is 0 Å². The van der Waals surface area contributed by atoms with E-state index in [9.17, 15) is 0 Å². The number of nitrogens with one attached hydrogen (secondary N) is 1. The number of nitrogens with two attached hydrogens (primary N) is 1. The largest absolute Gasteiger partial charge is 0.399 e. The van der Waals surface area contributed by atoms with E-state index in [0.717, 1.165) is 36.5 Å². The van der Waals surface area contributed by atoms with Gasteiger partial charge in [0, 0.05) is 25.9 Å². The molecule has 0 bridgehead atoms. The van der Waals surface area contributed by atoms with E-state index in [-0.39, 0.29) is 0 Å². The maximum absolute atomic E-state index is 5.91. The zero-order valence-electron chi connectivity index (χ0n) is 13.7. The van der Waals surface area contributed by atoms with Crippen LogP contribution in [0.3, 0.4) is 0 Å². The third kappa shape index (κ3) is 3.25. The predicted octanol–water partition coefficient (Wildman–Crippen LogP) is 3.61. The molecule has 1 aromatic carbocycles. The number of benzene rings is 1. The van der Waals surface area contributed by atoms with Gasteiger partial charge in [0.2, 0.25) is 0 Å². The van der Waals surface area contributed by atoms with Crippen LogP contribution < -0.4 is 5.73 Å². The molecule has 0 unspecified atom stereocenters. The normalized spacial score (nSPS) is 13.8. The number of ether oxygens (including phenoxy) is 1. The lowest BCUT2D eigenvalue weighted by Crippen LogP contribution is -2.21. The van der Waals surface area contributed by atoms with Gasteiger partial charge in [-0.15, -0.1) is 0 Å². The van der Waals surface area contributed by atoms with Crippen molar-refractivity contribution < 1.29 is 4.74 Å². The van der Waals surface area contributed by atoms with E-state index in [0.29, 0.717) is 6.61 Å². The highest BCUT2D eigenvalue weighted by Crippen LogP contribution is 2.36. The van der Waals surface area contributed by atoms with E-state index in [2.05, 4.69) is 42.0 Å². The first-order chi connectivity index (χ1) is 10.4. The summed E-state index contributed by atoms with van der Waals surface area (Å²) in [7, 11) is -1.04. The molecule has 0 spiro atoms. The molecule has 3 N–H and O–H groups in total. The summed E-state index contributed by atoms with van der Waals surface area (Å²) < 4.78 is 5.90. The van der Waals surface area contributed by atoms with Gasteiger partial charge in [-0.05, 0) is 42.1 Å². The van der Waals surface area contributed by atoms with Crippen molar-refractivity contribution in [3.8, 4) is 11.1 Å². The number of fused-ring (bicyclic) bond motifs is 3. The molecule has 118 valence electrons. The SMILES string of the molecule is C[Si](C)(C)CCOCc1[nH]nc2c1-c1ccc(N)cc1CC2. The minimum absolute atomic E-state index is 0.608. The van der Waals surface area contributed by atoms with E-state index in [1.54, 1.807) is 0 Å². The van der Waals surface area contributed by atoms with Gasteiger partial charge in [-0.2, -0.15) is 5.10 Å². The van der Waals surface area contributed by atoms with Crippen LogP contribution in [0.4, 0.5) is 5.69 Å². The molecule has 0 fully saturated rings. The Morgan fingerprint density at radius 3 is 2.86 bits per heavy atom. The Kier molecular flexibility index (Phi) is 4.10. The quantitative estimate of drug-likeness (QED) is 0.503. The van der Waals surface area contributed by atoms with Crippen LogP contribution in [-0.4, -0.2) is 24.9 Å². The molecule has 4 nitrogen and oxygen atoms in total. The van der Waals surface area contributed by atoms with E-state index in [1.165, 1.54) is 22.7 Å². The van der Waals surface area contributed by atoms with E-state index in [4.69, 9.17) is 10.5 Å². The lowest BCUT2D eigenvalue weighted by atomic mass is 9.88. The standard InChI is InChI=1S/C17H25N3OSi/c1-22(2,3)9-8-21-11-16-17-14-6-5-13(18)10-12(14)4-7-15(17)19-20-16/h5-6,10H,4,7-9,11,18H2,1-3H3,(H,19,20). The first-order valence-corrected chi connectivity index (χ1v) is 11.7. The molecule has 0 radical (unpaired) electrons. The number of rotatable bonds is 5. The van der Waals surface area contributed by atoms with Crippen molar-refractivity contribution >= 4 is 13.8 Å². The van der Waals surface area contributed by atoms with Crippen molar-refractivity contribution in [2.24, 2.45) is 0 Å². The number of aryl methyl sites for hydroxylation is 2. The molecule has 5 heteroatoms. The highest BCUT2D eigenvalue weighted by atomic mass is 28.3. The van der Waals surface area contributed by atoms with E-state index in [1.807, 2.05) is 6.07 Å². The maximum atomic E-state index is 5.91. The van der Waals surface area contributed by atoms with Gasteiger partial charge in [-0.1, -0.05) is 25.7 Å². The molecule has 0 saturated heterocycles. The summed E-state index contributed by atoms with van der Waals surface area (Å²) in [5, 5.41) is 7.65. The molecule has 0 saturated carbocycles. The first kappa shape index (κ1) is 15.3. The summed E-state index contributed by atoms with van der Waals surface area (Å²) in [6.07, 6.45) is 1.98. The molecule has 0 amide bonds. The monoisotopic (exact) mass is 315 g/mol. The minimum atomic E-state index is -1.04. The fourth-order valence-electron chi connectivity index (χ4n) is 2.89. The number of hydrogen-bond acceptors (Lipinski definition) is 3. The summed E-state index contributed by atoms with van der Waals surface area (Å²) in [5.41, 5.74) is 12.8. The van der Waals surface area contributed by atoms with Crippen molar-refractivity contribution in [1.29, 1.82) is 0 Å². The third-order valence-corrected chi connectivity index (χ3v) is 5.89. The lowest BCUT2D eigenvalue weighted by Gasteiger charge is -2.18. The second-order valence-corrected chi connectivity index (χ2v) is 12.9. The molecule has 1 heterocycles. The molecule has 22 heavy (non-hydrogen) atoms. The Bertz CT molecular complexity index is 673. The van der Waals surface area contributed by atoms with E-state index >= 15 is 0 Å². The number of nitrogens with zero attached hydrogens (tertiary/aromatic N) is 1. The van der Waals surface area contributed by atoms with Crippen LogP contribution in [0.1, 0.15) is 17.0 Å².